The normalized spacial score (nSPS) is 29.9. The summed E-state index contributed by atoms with van der Waals surface area (Å²) in [5, 5.41) is 0. The van der Waals surface area contributed by atoms with Crippen molar-refractivity contribution in [3.8, 4) is 0 Å². The highest BCUT2D eigenvalue weighted by atomic mass is 16.7. The molecule has 0 radical (unpaired) electrons. The highest BCUT2D eigenvalue weighted by molar-refractivity contribution is 5.74. The van der Waals surface area contributed by atoms with Gasteiger partial charge in [-0.2, -0.15) is 0 Å². The molecule has 0 N–H and O–H groups in total. The van der Waals surface area contributed by atoms with Crippen LogP contribution in [0.2, 0.25) is 0 Å². The third kappa shape index (κ3) is 4.03. The van der Waals surface area contributed by atoms with E-state index >= 15 is 0 Å². The van der Waals surface area contributed by atoms with E-state index in [0.29, 0.717) is 0 Å². The molecule has 0 aromatic rings. The summed E-state index contributed by atoms with van der Waals surface area (Å²) in [4.78, 5) is 59.2. The van der Waals surface area contributed by atoms with Crippen LogP contribution in [0.25, 0.3) is 0 Å². The summed E-state index contributed by atoms with van der Waals surface area (Å²) in [6.45, 7) is 4.23. The molecule has 2 heterocycles. The zero-order valence-corrected chi connectivity index (χ0v) is 14.6. The number of amides is 1. The van der Waals surface area contributed by atoms with Crippen molar-refractivity contribution in [2.75, 3.05) is 6.61 Å². The van der Waals surface area contributed by atoms with Gasteiger partial charge in [0.05, 0.1) is 0 Å². The number of carbonyl (C=O) groups is 5. The predicted molar refractivity (Wildman–Crippen MR) is 79.2 cm³/mol. The highest BCUT2D eigenvalue weighted by Crippen LogP contribution is 2.35. The topological polar surface area (TPSA) is 135 Å². The Morgan fingerprint density at radius 1 is 0.808 bits per heavy atom. The fraction of sp³-hybridized carbons (Fsp3) is 0.667. The number of hydrogen-bond acceptors (Lipinski definition) is 10. The lowest BCUT2D eigenvalue weighted by molar-refractivity contribution is -0.236. The summed E-state index contributed by atoms with van der Waals surface area (Å²) in [5.74, 6) is -3.00. The fourth-order valence-electron chi connectivity index (χ4n) is 2.99. The minimum Gasteiger partial charge on any atom is -0.456 e. The number of cyclic esters (lactones) is 1. The van der Waals surface area contributed by atoms with Gasteiger partial charge in [0.25, 0.3) is 0 Å². The lowest BCUT2D eigenvalue weighted by atomic mass is 9.92. The molecule has 0 saturated carbocycles. The first kappa shape index (κ1) is 19.5. The molecule has 11 heteroatoms. The van der Waals surface area contributed by atoms with Crippen LogP contribution in [0.3, 0.4) is 0 Å². The molecule has 0 spiro atoms. The van der Waals surface area contributed by atoms with Crippen molar-refractivity contribution < 1.29 is 47.7 Å². The SMILES string of the molecule is CC(=O)O[C@@H]1[C@@H](OC(C)=O)[C@H](OC(C)=O)N2C(=O)OC[C@H]2[C@H]1OC(C)=O. The van der Waals surface area contributed by atoms with Crippen molar-refractivity contribution in [2.45, 2.75) is 58.3 Å². The molecule has 2 rings (SSSR count). The Morgan fingerprint density at radius 2 is 1.27 bits per heavy atom. The summed E-state index contributed by atoms with van der Waals surface area (Å²) >= 11 is 0. The molecule has 2 saturated heterocycles. The third-order valence-electron chi connectivity index (χ3n) is 3.72. The Hall–Kier alpha value is -2.85. The molecule has 0 bridgehead atoms. The van der Waals surface area contributed by atoms with Crippen LogP contribution in [0.15, 0.2) is 0 Å². The Balaban J connectivity index is 2.51. The summed E-state index contributed by atoms with van der Waals surface area (Å²) in [6.07, 6.45) is -6.16. The van der Waals surface area contributed by atoms with Gasteiger partial charge in [0.2, 0.25) is 6.23 Å². The first-order valence-corrected chi connectivity index (χ1v) is 7.75. The third-order valence-corrected chi connectivity index (χ3v) is 3.72. The first-order chi connectivity index (χ1) is 12.1. The number of piperidine rings is 1. The number of rotatable bonds is 4. The number of hydrogen-bond donors (Lipinski definition) is 0. The highest BCUT2D eigenvalue weighted by Gasteiger charge is 2.60. The number of nitrogens with zero attached hydrogens (tertiary/aromatic N) is 1. The van der Waals surface area contributed by atoms with Gasteiger partial charge in [0, 0.05) is 27.7 Å². The molecule has 5 atom stereocenters. The number of ether oxygens (including phenoxy) is 5. The van der Waals surface area contributed by atoms with Gasteiger partial charge in [-0.05, 0) is 0 Å². The lowest BCUT2D eigenvalue weighted by Crippen LogP contribution is -2.69. The molecule has 0 aromatic carbocycles. The predicted octanol–water partition coefficient (Wildman–Crippen LogP) is -0.495. The lowest BCUT2D eigenvalue weighted by Gasteiger charge is -2.46. The van der Waals surface area contributed by atoms with Gasteiger partial charge in [0.15, 0.2) is 18.3 Å². The van der Waals surface area contributed by atoms with Crippen LogP contribution in [-0.2, 0) is 42.9 Å². The van der Waals surface area contributed by atoms with E-state index in [1.54, 1.807) is 0 Å². The minimum absolute atomic E-state index is 0.195. The molecular weight excluding hydrogens is 354 g/mol. The van der Waals surface area contributed by atoms with Gasteiger partial charge < -0.3 is 23.7 Å². The van der Waals surface area contributed by atoms with E-state index in [2.05, 4.69) is 0 Å². The number of esters is 4. The molecule has 11 nitrogen and oxygen atoms in total. The summed E-state index contributed by atoms with van der Waals surface area (Å²) in [7, 11) is 0. The zero-order chi connectivity index (χ0) is 19.6. The van der Waals surface area contributed by atoms with Crippen LogP contribution < -0.4 is 0 Å². The molecule has 2 fully saturated rings. The smallest absolute Gasteiger partial charge is 0.413 e. The monoisotopic (exact) mass is 373 g/mol. The Labute approximate surface area is 148 Å². The van der Waals surface area contributed by atoms with Gasteiger partial charge in [-0.1, -0.05) is 0 Å². The minimum atomic E-state index is -1.41. The fourth-order valence-corrected chi connectivity index (χ4v) is 2.99. The Bertz CT molecular complexity index is 632. The van der Waals surface area contributed by atoms with E-state index in [1.807, 2.05) is 0 Å². The molecule has 2 aliphatic rings. The molecule has 0 unspecified atom stereocenters. The van der Waals surface area contributed by atoms with E-state index in [4.69, 9.17) is 23.7 Å². The van der Waals surface area contributed by atoms with Crippen molar-refractivity contribution >= 4 is 30.0 Å². The van der Waals surface area contributed by atoms with Crippen molar-refractivity contribution in [1.29, 1.82) is 0 Å². The van der Waals surface area contributed by atoms with E-state index < -0.39 is 60.6 Å². The first-order valence-electron chi connectivity index (χ1n) is 7.75. The molecular formula is C15H19NO10. The van der Waals surface area contributed by atoms with Crippen LogP contribution in [0.4, 0.5) is 4.79 Å². The van der Waals surface area contributed by atoms with E-state index in [-0.39, 0.29) is 6.61 Å². The molecule has 2 aliphatic heterocycles. The number of fused-ring (bicyclic) bond motifs is 1. The van der Waals surface area contributed by atoms with Crippen molar-refractivity contribution in [2.24, 2.45) is 0 Å². The van der Waals surface area contributed by atoms with Crippen LogP contribution in [-0.4, -0.2) is 72.1 Å². The van der Waals surface area contributed by atoms with E-state index in [0.717, 1.165) is 32.6 Å². The Morgan fingerprint density at radius 3 is 1.77 bits per heavy atom. The molecule has 1 amide bonds. The van der Waals surface area contributed by atoms with Crippen LogP contribution >= 0.6 is 0 Å². The Kier molecular flexibility index (Phi) is 5.68. The van der Waals surface area contributed by atoms with Gasteiger partial charge in [-0.15, -0.1) is 0 Å². The molecule has 0 aliphatic carbocycles. The van der Waals surface area contributed by atoms with Crippen molar-refractivity contribution in [3.63, 3.8) is 0 Å². The van der Waals surface area contributed by atoms with Gasteiger partial charge in [-0.25, -0.2) is 4.79 Å². The zero-order valence-electron chi connectivity index (χ0n) is 14.6. The maximum absolute atomic E-state index is 12.1. The largest absolute Gasteiger partial charge is 0.456 e. The van der Waals surface area contributed by atoms with Crippen LogP contribution in [0, 0.1) is 0 Å². The maximum Gasteiger partial charge on any atom is 0.413 e. The molecule has 0 aromatic heterocycles. The van der Waals surface area contributed by atoms with Gasteiger partial charge >= 0.3 is 30.0 Å². The van der Waals surface area contributed by atoms with Gasteiger partial charge in [0.1, 0.15) is 12.6 Å². The average Bonchev–Trinajstić information content (AvgIpc) is 2.86. The van der Waals surface area contributed by atoms with Gasteiger partial charge in [-0.3, -0.25) is 24.1 Å². The summed E-state index contributed by atoms with van der Waals surface area (Å²) < 4.78 is 25.6. The molecule has 26 heavy (non-hydrogen) atoms. The average molecular weight is 373 g/mol. The van der Waals surface area contributed by atoms with E-state index in [1.165, 1.54) is 0 Å². The van der Waals surface area contributed by atoms with Crippen molar-refractivity contribution in [3.05, 3.63) is 0 Å². The quantitative estimate of drug-likeness (QED) is 0.469. The summed E-state index contributed by atoms with van der Waals surface area (Å²) in [5.41, 5.74) is 0. The van der Waals surface area contributed by atoms with Crippen LogP contribution in [0.5, 0.6) is 0 Å². The molecule has 144 valence electrons. The second kappa shape index (κ2) is 7.58. The van der Waals surface area contributed by atoms with Crippen molar-refractivity contribution in [1.82, 2.24) is 4.90 Å². The number of carbonyl (C=O) groups excluding carboxylic acids is 5. The second-order valence-corrected chi connectivity index (χ2v) is 5.77. The van der Waals surface area contributed by atoms with E-state index in [9.17, 15) is 24.0 Å². The standard InChI is InChI=1S/C15H19NO10/c1-6(17)23-11-10-5-22-15(21)16(10)14(26-9(4)20)13(25-8(3)19)12(11)24-7(2)18/h10-14H,5H2,1-4H3/t10-,11+,12-,13+,14-/m0/s1. The van der Waals surface area contributed by atoms with Crippen LogP contribution in [0.1, 0.15) is 27.7 Å². The summed E-state index contributed by atoms with van der Waals surface area (Å²) in [6, 6.07) is -0.896. The maximum atomic E-state index is 12.1. The second-order valence-electron chi connectivity index (χ2n) is 5.77.